The SMILES string of the molecule is O=C([O-])COc1cccc2c1CCCC1(COC(=O)N(c3ccccc3)c3ccccc3)CC21.[Na+]. The summed E-state index contributed by atoms with van der Waals surface area (Å²) in [6.45, 7) is -0.116. The Hall–Kier alpha value is -2.80. The molecule has 1 fully saturated rings. The van der Waals surface area contributed by atoms with Crippen LogP contribution in [0.15, 0.2) is 78.9 Å². The summed E-state index contributed by atoms with van der Waals surface area (Å²) in [5.74, 6) is -0.354. The van der Waals surface area contributed by atoms with Crippen molar-refractivity contribution >= 4 is 23.4 Å². The third kappa shape index (κ3) is 5.40. The molecule has 0 saturated heterocycles. The molecule has 7 heteroatoms. The van der Waals surface area contributed by atoms with Crippen LogP contribution in [0.4, 0.5) is 16.2 Å². The minimum absolute atomic E-state index is 0. The molecule has 0 aromatic heterocycles. The van der Waals surface area contributed by atoms with Crippen LogP contribution in [0.3, 0.4) is 0 Å². The number of amides is 1. The number of anilines is 2. The van der Waals surface area contributed by atoms with Gasteiger partial charge in [-0.05, 0) is 73.1 Å². The normalized spacial score (nSPS) is 19.7. The first kappa shape index (κ1) is 25.3. The van der Waals surface area contributed by atoms with Crippen molar-refractivity contribution < 1.29 is 53.7 Å². The molecule has 3 aromatic rings. The van der Waals surface area contributed by atoms with Crippen molar-refractivity contribution in [3.63, 3.8) is 0 Å². The minimum Gasteiger partial charge on any atom is -0.546 e. The van der Waals surface area contributed by atoms with Gasteiger partial charge in [0.05, 0.1) is 24.0 Å². The van der Waals surface area contributed by atoms with Gasteiger partial charge >= 0.3 is 35.7 Å². The van der Waals surface area contributed by atoms with Crippen LogP contribution in [-0.2, 0) is 16.0 Å². The van der Waals surface area contributed by atoms with Crippen LogP contribution < -0.4 is 44.3 Å². The molecule has 2 aliphatic carbocycles. The van der Waals surface area contributed by atoms with Crippen LogP contribution in [0.1, 0.15) is 36.3 Å². The summed E-state index contributed by atoms with van der Waals surface area (Å²) in [4.78, 5) is 25.8. The fourth-order valence-corrected chi connectivity index (χ4v) is 5.15. The number of aliphatic carboxylic acids is 1. The van der Waals surface area contributed by atoms with E-state index in [-0.39, 0.29) is 40.9 Å². The Morgan fingerprint density at radius 2 is 1.60 bits per heavy atom. The Morgan fingerprint density at radius 3 is 2.23 bits per heavy atom. The summed E-state index contributed by atoms with van der Waals surface area (Å²) in [6, 6.07) is 24.8. The second kappa shape index (κ2) is 10.9. The average Bonchev–Trinajstić information content (AvgIpc) is 3.59. The molecule has 35 heavy (non-hydrogen) atoms. The molecule has 2 aliphatic rings. The summed E-state index contributed by atoms with van der Waals surface area (Å²) >= 11 is 0. The number of para-hydroxylation sites is 2. The number of ether oxygens (including phenoxy) is 2. The van der Waals surface area contributed by atoms with Crippen LogP contribution in [-0.4, -0.2) is 25.3 Å². The van der Waals surface area contributed by atoms with E-state index in [4.69, 9.17) is 9.47 Å². The van der Waals surface area contributed by atoms with Crippen LogP contribution in [0.25, 0.3) is 0 Å². The van der Waals surface area contributed by atoms with E-state index in [0.29, 0.717) is 12.4 Å². The maximum atomic E-state index is 13.3. The van der Waals surface area contributed by atoms with Crippen molar-refractivity contribution in [1.29, 1.82) is 0 Å². The molecule has 0 N–H and O–H groups in total. The number of nitrogens with zero attached hydrogens (tertiary/aromatic N) is 1. The second-order valence-electron chi connectivity index (χ2n) is 9.02. The smallest absolute Gasteiger partial charge is 0.546 e. The Kier molecular flexibility index (Phi) is 7.85. The van der Waals surface area contributed by atoms with Gasteiger partial charge in [0.15, 0.2) is 0 Å². The maximum Gasteiger partial charge on any atom is 1.00 e. The van der Waals surface area contributed by atoms with Gasteiger partial charge < -0.3 is 19.4 Å². The van der Waals surface area contributed by atoms with Gasteiger partial charge in [0.25, 0.3) is 0 Å². The van der Waals surface area contributed by atoms with E-state index in [0.717, 1.165) is 42.6 Å². The van der Waals surface area contributed by atoms with E-state index in [1.54, 1.807) is 4.90 Å². The van der Waals surface area contributed by atoms with Gasteiger partial charge in [0, 0.05) is 5.41 Å². The minimum atomic E-state index is -1.24. The molecule has 5 rings (SSSR count). The van der Waals surface area contributed by atoms with Crippen molar-refractivity contribution in [2.24, 2.45) is 5.41 Å². The van der Waals surface area contributed by atoms with Crippen LogP contribution in [0.5, 0.6) is 5.75 Å². The zero-order valence-corrected chi connectivity index (χ0v) is 21.8. The fourth-order valence-electron chi connectivity index (χ4n) is 5.15. The first-order valence-electron chi connectivity index (χ1n) is 11.6. The molecule has 0 spiro atoms. The second-order valence-corrected chi connectivity index (χ2v) is 9.02. The fraction of sp³-hybridized carbons (Fsp3) is 0.286. The Labute approximate surface area is 227 Å². The van der Waals surface area contributed by atoms with Crippen molar-refractivity contribution in [3.05, 3.63) is 90.0 Å². The Balaban J connectivity index is 0.00000289. The number of hydrogen-bond donors (Lipinski definition) is 0. The maximum absolute atomic E-state index is 13.3. The molecule has 0 heterocycles. The number of carbonyl (C=O) groups is 2. The summed E-state index contributed by atoms with van der Waals surface area (Å²) in [6.07, 6.45) is 3.22. The molecular formula is C28H26NNaO5. The van der Waals surface area contributed by atoms with Crippen molar-refractivity contribution in [2.75, 3.05) is 18.1 Å². The summed E-state index contributed by atoms with van der Waals surface area (Å²) in [7, 11) is 0. The third-order valence-corrected chi connectivity index (χ3v) is 6.88. The third-order valence-electron chi connectivity index (χ3n) is 6.88. The summed E-state index contributed by atoms with van der Waals surface area (Å²) < 4.78 is 11.4. The molecule has 1 amide bonds. The molecule has 0 bridgehead atoms. The Bertz CT molecular complexity index is 1150. The molecule has 2 atom stereocenters. The van der Waals surface area contributed by atoms with E-state index in [1.165, 1.54) is 5.56 Å². The van der Waals surface area contributed by atoms with Gasteiger partial charge in [0.1, 0.15) is 12.4 Å². The van der Waals surface area contributed by atoms with Crippen LogP contribution in [0.2, 0.25) is 0 Å². The van der Waals surface area contributed by atoms with E-state index >= 15 is 0 Å². The topological polar surface area (TPSA) is 78.9 Å². The summed E-state index contributed by atoms with van der Waals surface area (Å²) in [5.41, 5.74) is 3.66. The first-order chi connectivity index (χ1) is 16.6. The van der Waals surface area contributed by atoms with Gasteiger partial charge in [-0.25, -0.2) is 9.69 Å². The molecule has 0 aliphatic heterocycles. The predicted octanol–water partition coefficient (Wildman–Crippen LogP) is 1.60. The number of rotatable bonds is 7. The van der Waals surface area contributed by atoms with Crippen LogP contribution >= 0.6 is 0 Å². The summed E-state index contributed by atoms with van der Waals surface area (Å²) in [5, 5.41) is 10.9. The van der Waals surface area contributed by atoms with Crippen molar-refractivity contribution in [1.82, 2.24) is 0 Å². The van der Waals surface area contributed by atoms with Gasteiger partial charge in [-0.15, -0.1) is 0 Å². The number of carboxylic acids is 1. The predicted molar refractivity (Wildman–Crippen MR) is 126 cm³/mol. The molecule has 3 aromatic carbocycles. The molecule has 2 unspecified atom stereocenters. The Morgan fingerprint density at radius 1 is 0.943 bits per heavy atom. The van der Waals surface area contributed by atoms with Crippen molar-refractivity contribution in [3.8, 4) is 5.75 Å². The number of benzene rings is 3. The number of carbonyl (C=O) groups excluding carboxylic acids is 2. The standard InChI is InChI=1S/C28H27NO5.Na/c30-26(31)18-33-25-15-7-13-22-23(25)14-8-16-28(17-24(22)28)19-34-27(32)29(20-9-3-1-4-10-20)21-11-5-2-6-12-21;/h1-7,9-13,15,24H,8,14,16-19H2,(H,30,31);/q;+1/p-1. The molecule has 1 saturated carbocycles. The molecular weight excluding hydrogens is 453 g/mol. The van der Waals surface area contributed by atoms with Gasteiger partial charge in [-0.3, -0.25) is 0 Å². The van der Waals surface area contributed by atoms with E-state index in [9.17, 15) is 14.7 Å². The van der Waals surface area contributed by atoms with Crippen LogP contribution in [0, 0.1) is 5.41 Å². The first-order valence-corrected chi connectivity index (χ1v) is 11.6. The van der Waals surface area contributed by atoms with Gasteiger partial charge in [-0.1, -0.05) is 48.5 Å². The number of carboxylic acid groups (broad SMARTS) is 1. The van der Waals surface area contributed by atoms with E-state index in [2.05, 4.69) is 6.07 Å². The molecule has 0 radical (unpaired) electrons. The molecule has 174 valence electrons. The van der Waals surface area contributed by atoms with Gasteiger partial charge in [0.2, 0.25) is 0 Å². The quantitative estimate of drug-likeness (QED) is 0.481. The van der Waals surface area contributed by atoms with Gasteiger partial charge in [-0.2, -0.15) is 0 Å². The van der Waals surface area contributed by atoms with E-state index < -0.39 is 18.7 Å². The molecule has 6 nitrogen and oxygen atoms in total. The monoisotopic (exact) mass is 479 g/mol. The largest absolute Gasteiger partial charge is 1.00 e. The number of fused-ring (bicyclic) bond motifs is 3. The number of hydrogen-bond acceptors (Lipinski definition) is 5. The van der Waals surface area contributed by atoms with Crippen molar-refractivity contribution in [2.45, 2.75) is 31.6 Å². The average molecular weight is 480 g/mol. The van der Waals surface area contributed by atoms with E-state index in [1.807, 2.05) is 72.8 Å². The zero-order valence-electron chi connectivity index (χ0n) is 19.8. The zero-order chi connectivity index (χ0) is 23.5.